The maximum absolute atomic E-state index is 13.4. The van der Waals surface area contributed by atoms with Crippen molar-refractivity contribution in [3.8, 4) is 0 Å². The average molecular weight is 366 g/mol. The number of alkyl halides is 3. The molecule has 3 nitrogen and oxygen atoms in total. The van der Waals surface area contributed by atoms with Crippen LogP contribution >= 0.6 is 0 Å². The molecule has 8 heteroatoms. The molecule has 0 aliphatic carbocycles. The van der Waals surface area contributed by atoms with E-state index in [0.29, 0.717) is 18.9 Å². The van der Waals surface area contributed by atoms with Gasteiger partial charge in [-0.3, -0.25) is 0 Å². The number of rotatable bonds is 2. The van der Waals surface area contributed by atoms with Crippen LogP contribution in [0.3, 0.4) is 0 Å². The third kappa shape index (κ3) is 3.18. The van der Waals surface area contributed by atoms with Gasteiger partial charge in [-0.05, 0) is 49.4 Å². The SMILES string of the molecule is O=S1(=O)C2CCCC1CC(O)(Cc1cc(F)ccc1C(F)(F)F)C2. The summed E-state index contributed by atoms with van der Waals surface area (Å²) in [6, 6.07) is 2.17. The zero-order valence-corrected chi connectivity index (χ0v) is 13.6. The Hall–Kier alpha value is -1.15. The van der Waals surface area contributed by atoms with Crippen molar-refractivity contribution in [1.82, 2.24) is 0 Å². The Morgan fingerprint density at radius 3 is 2.29 bits per heavy atom. The summed E-state index contributed by atoms with van der Waals surface area (Å²) in [6.45, 7) is 0. The smallest absolute Gasteiger partial charge is 0.389 e. The van der Waals surface area contributed by atoms with Crippen molar-refractivity contribution in [2.75, 3.05) is 0 Å². The fourth-order valence-corrected chi connectivity index (χ4v) is 6.65. The molecule has 2 heterocycles. The average Bonchev–Trinajstić information content (AvgIpc) is 2.39. The lowest BCUT2D eigenvalue weighted by atomic mass is 9.80. The summed E-state index contributed by atoms with van der Waals surface area (Å²) < 4.78 is 77.3. The Morgan fingerprint density at radius 2 is 1.75 bits per heavy atom. The normalized spacial score (nSPS) is 32.5. The van der Waals surface area contributed by atoms with Crippen LogP contribution in [0, 0.1) is 5.82 Å². The highest BCUT2D eigenvalue weighted by atomic mass is 32.2. The topological polar surface area (TPSA) is 54.4 Å². The highest BCUT2D eigenvalue weighted by molar-refractivity contribution is 7.92. The second kappa shape index (κ2) is 5.69. The van der Waals surface area contributed by atoms with Crippen LogP contribution in [0.2, 0.25) is 0 Å². The molecule has 0 saturated carbocycles. The van der Waals surface area contributed by atoms with Crippen LogP contribution in [-0.2, 0) is 22.4 Å². The van der Waals surface area contributed by atoms with Crippen molar-refractivity contribution in [2.24, 2.45) is 0 Å². The molecule has 2 saturated heterocycles. The molecule has 2 aliphatic rings. The predicted molar refractivity (Wildman–Crippen MR) is 79.6 cm³/mol. The molecule has 1 N–H and O–H groups in total. The largest absolute Gasteiger partial charge is 0.416 e. The fourth-order valence-electron chi connectivity index (χ4n) is 4.03. The van der Waals surface area contributed by atoms with Gasteiger partial charge in [0.15, 0.2) is 9.84 Å². The van der Waals surface area contributed by atoms with Crippen molar-refractivity contribution in [3.63, 3.8) is 0 Å². The minimum atomic E-state index is -4.66. The fraction of sp³-hybridized carbons (Fsp3) is 0.625. The first-order valence-corrected chi connectivity index (χ1v) is 9.43. The van der Waals surface area contributed by atoms with Gasteiger partial charge in [-0.25, -0.2) is 12.8 Å². The number of fused-ring (bicyclic) bond motifs is 2. The highest BCUT2D eigenvalue weighted by Crippen LogP contribution is 2.44. The molecule has 0 spiro atoms. The van der Waals surface area contributed by atoms with E-state index in [9.17, 15) is 31.1 Å². The summed E-state index contributed by atoms with van der Waals surface area (Å²) in [7, 11) is -3.33. The first-order chi connectivity index (χ1) is 11.0. The lowest BCUT2D eigenvalue weighted by molar-refractivity contribution is -0.138. The second-order valence-corrected chi connectivity index (χ2v) is 9.38. The summed E-state index contributed by atoms with van der Waals surface area (Å²) in [5, 5.41) is 9.34. The van der Waals surface area contributed by atoms with Crippen LogP contribution in [-0.4, -0.2) is 29.6 Å². The van der Waals surface area contributed by atoms with E-state index in [1.807, 2.05) is 0 Å². The Kier molecular flexibility index (Phi) is 4.19. The summed E-state index contributed by atoms with van der Waals surface area (Å²) in [5.74, 6) is -0.815. The quantitative estimate of drug-likeness (QED) is 0.818. The van der Waals surface area contributed by atoms with Gasteiger partial charge in [-0.1, -0.05) is 6.42 Å². The van der Waals surface area contributed by atoms with Crippen LogP contribution < -0.4 is 0 Å². The molecule has 2 aliphatic heterocycles. The molecule has 2 fully saturated rings. The van der Waals surface area contributed by atoms with Crippen LogP contribution in [0.1, 0.15) is 43.2 Å². The Balaban J connectivity index is 1.93. The van der Waals surface area contributed by atoms with Gasteiger partial charge in [0.1, 0.15) is 5.82 Å². The van der Waals surface area contributed by atoms with Gasteiger partial charge in [0, 0.05) is 6.42 Å². The van der Waals surface area contributed by atoms with Gasteiger partial charge >= 0.3 is 6.18 Å². The van der Waals surface area contributed by atoms with Gasteiger partial charge < -0.3 is 5.11 Å². The van der Waals surface area contributed by atoms with Crippen LogP contribution in [0.5, 0.6) is 0 Å². The molecule has 2 unspecified atom stereocenters. The Labute approximate surface area is 137 Å². The monoisotopic (exact) mass is 366 g/mol. The van der Waals surface area contributed by atoms with E-state index in [0.717, 1.165) is 18.6 Å². The lowest BCUT2D eigenvalue weighted by Gasteiger charge is -2.44. The first-order valence-electron chi connectivity index (χ1n) is 7.82. The number of hydrogen-bond donors (Lipinski definition) is 1. The second-order valence-electron chi connectivity index (χ2n) is 6.87. The molecule has 0 aromatic heterocycles. The van der Waals surface area contributed by atoms with Crippen molar-refractivity contribution >= 4 is 9.84 Å². The molecule has 0 radical (unpaired) electrons. The zero-order chi connectivity index (χ0) is 17.8. The van der Waals surface area contributed by atoms with Crippen molar-refractivity contribution < 1.29 is 31.1 Å². The number of halogens is 4. The summed E-state index contributed by atoms with van der Waals surface area (Å²) in [6.07, 6.45) is -3.69. The van der Waals surface area contributed by atoms with E-state index < -0.39 is 49.9 Å². The third-order valence-corrected chi connectivity index (χ3v) is 7.75. The minimum absolute atomic E-state index is 0.0976. The number of sulfone groups is 1. The molecule has 1 aromatic rings. The van der Waals surface area contributed by atoms with Gasteiger partial charge in [0.25, 0.3) is 0 Å². The number of benzene rings is 1. The molecule has 2 atom stereocenters. The minimum Gasteiger partial charge on any atom is -0.389 e. The van der Waals surface area contributed by atoms with Crippen molar-refractivity contribution in [2.45, 2.75) is 60.8 Å². The highest BCUT2D eigenvalue weighted by Gasteiger charge is 2.50. The van der Waals surface area contributed by atoms with E-state index in [1.165, 1.54) is 0 Å². The Bertz CT molecular complexity index is 722. The van der Waals surface area contributed by atoms with E-state index in [1.54, 1.807) is 0 Å². The molecule has 24 heavy (non-hydrogen) atoms. The predicted octanol–water partition coefficient (Wildman–Crippen LogP) is 3.25. The molecular weight excluding hydrogens is 348 g/mol. The van der Waals surface area contributed by atoms with Gasteiger partial charge in [0.05, 0.1) is 21.7 Å². The molecular formula is C16H18F4O3S. The summed E-state index contributed by atoms with van der Waals surface area (Å²) in [5.41, 5.74) is -2.88. The molecule has 3 rings (SSSR count). The number of aliphatic hydroxyl groups is 1. The van der Waals surface area contributed by atoms with Crippen LogP contribution in [0.4, 0.5) is 17.6 Å². The molecule has 2 bridgehead atoms. The van der Waals surface area contributed by atoms with E-state index >= 15 is 0 Å². The van der Waals surface area contributed by atoms with Gasteiger partial charge in [-0.15, -0.1) is 0 Å². The maximum Gasteiger partial charge on any atom is 0.416 e. The summed E-state index contributed by atoms with van der Waals surface area (Å²) >= 11 is 0. The Morgan fingerprint density at radius 1 is 1.17 bits per heavy atom. The maximum atomic E-state index is 13.4. The van der Waals surface area contributed by atoms with Crippen LogP contribution in [0.25, 0.3) is 0 Å². The van der Waals surface area contributed by atoms with E-state index in [2.05, 4.69) is 0 Å². The number of hydrogen-bond acceptors (Lipinski definition) is 3. The standard InChI is InChI=1S/C16H18F4O3S/c17-11-4-5-14(16(18,19)20)10(6-11)7-15(21)8-12-2-1-3-13(9-15)24(12,22)23/h4-6,12-13,21H,1-3,7-9H2. The zero-order valence-electron chi connectivity index (χ0n) is 12.8. The van der Waals surface area contributed by atoms with Crippen LogP contribution in [0.15, 0.2) is 18.2 Å². The molecule has 0 amide bonds. The van der Waals surface area contributed by atoms with Gasteiger partial charge in [-0.2, -0.15) is 13.2 Å². The lowest BCUT2D eigenvalue weighted by Crippen LogP contribution is -2.52. The molecule has 134 valence electrons. The van der Waals surface area contributed by atoms with Crippen molar-refractivity contribution in [3.05, 3.63) is 35.1 Å². The summed E-state index contributed by atoms with van der Waals surface area (Å²) in [4.78, 5) is 0. The third-order valence-electron chi connectivity index (χ3n) is 5.09. The van der Waals surface area contributed by atoms with E-state index in [4.69, 9.17) is 0 Å². The first kappa shape index (κ1) is 17.7. The molecule has 1 aromatic carbocycles. The van der Waals surface area contributed by atoms with Crippen molar-refractivity contribution in [1.29, 1.82) is 0 Å². The van der Waals surface area contributed by atoms with Gasteiger partial charge in [0.2, 0.25) is 0 Å². The van der Waals surface area contributed by atoms with E-state index in [-0.39, 0.29) is 18.4 Å².